The summed E-state index contributed by atoms with van der Waals surface area (Å²) in [6.07, 6.45) is 2.57. The number of ether oxygens (including phenoxy) is 2. The maximum atomic E-state index is 5.43. The molecule has 0 N–H and O–H groups in total. The van der Waals surface area contributed by atoms with E-state index < -0.39 is 0 Å². The quantitative estimate of drug-likeness (QED) is 0.604. The summed E-state index contributed by atoms with van der Waals surface area (Å²) in [6.45, 7) is 3.81. The van der Waals surface area contributed by atoms with Crippen molar-refractivity contribution in [1.82, 2.24) is 4.90 Å². The molecule has 2 heterocycles. The maximum absolute atomic E-state index is 5.43. The predicted octanol–water partition coefficient (Wildman–Crippen LogP) is 0.496. The van der Waals surface area contributed by atoms with Gasteiger partial charge in [-0.15, -0.1) is 0 Å². The first-order valence-corrected chi connectivity index (χ1v) is 4.74. The Morgan fingerprint density at radius 3 is 3.25 bits per heavy atom. The Morgan fingerprint density at radius 2 is 2.42 bits per heavy atom. The Morgan fingerprint density at radius 1 is 1.50 bits per heavy atom. The molecule has 2 saturated heterocycles. The van der Waals surface area contributed by atoms with Crippen LogP contribution in [-0.2, 0) is 9.47 Å². The minimum absolute atomic E-state index is 0.656. The summed E-state index contributed by atoms with van der Waals surface area (Å²) in [6, 6.07) is 1.34. The van der Waals surface area contributed by atoms with Crippen LogP contribution in [0.4, 0.5) is 0 Å². The minimum atomic E-state index is 0.656. The van der Waals surface area contributed by atoms with E-state index in [0.717, 1.165) is 26.4 Å². The molecule has 2 aliphatic rings. The Hall–Kier alpha value is -0.120. The van der Waals surface area contributed by atoms with Crippen LogP contribution >= 0.6 is 0 Å². The molecular weight excluding hydrogens is 154 g/mol. The zero-order valence-corrected chi connectivity index (χ0v) is 7.66. The van der Waals surface area contributed by atoms with Gasteiger partial charge < -0.3 is 9.47 Å². The third kappa shape index (κ3) is 1.49. The fraction of sp³-hybridized carbons (Fsp3) is 1.00. The second kappa shape index (κ2) is 3.73. The number of morpholine rings is 1. The molecule has 3 nitrogen and oxygen atoms in total. The van der Waals surface area contributed by atoms with E-state index >= 15 is 0 Å². The van der Waals surface area contributed by atoms with Gasteiger partial charge in [-0.2, -0.15) is 0 Å². The van der Waals surface area contributed by atoms with Crippen molar-refractivity contribution in [2.24, 2.45) is 0 Å². The summed E-state index contributed by atoms with van der Waals surface area (Å²) in [5, 5.41) is 0. The van der Waals surface area contributed by atoms with Gasteiger partial charge in [0.2, 0.25) is 0 Å². The number of rotatable bonds is 2. The van der Waals surface area contributed by atoms with Gasteiger partial charge in [0.1, 0.15) is 0 Å². The number of nitrogens with zero attached hydrogens (tertiary/aromatic N) is 1. The average Bonchev–Trinajstić information content (AvgIpc) is 2.50. The highest BCUT2D eigenvalue weighted by molar-refractivity contribution is 4.89. The van der Waals surface area contributed by atoms with Gasteiger partial charge in [0, 0.05) is 25.7 Å². The lowest BCUT2D eigenvalue weighted by atomic mass is 10.2. The van der Waals surface area contributed by atoms with Crippen molar-refractivity contribution in [2.75, 3.05) is 33.5 Å². The van der Waals surface area contributed by atoms with E-state index in [2.05, 4.69) is 4.90 Å². The average molecular weight is 171 g/mol. The van der Waals surface area contributed by atoms with Gasteiger partial charge in [-0.3, -0.25) is 4.90 Å². The fourth-order valence-electron chi connectivity index (χ4n) is 2.32. The maximum Gasteiger partial charge on any atom is 0.0622 e. The first-order valence-electron chi connectivity index (χ1n) is 4.74. The second-order valence-electron chi connectivity index (χ2n) is 3.65. The third-order valence-electron chi connectivity index (χ3n) is 2.93. The Bertz CT molecular complexity index is 151. The molecule has 0 aromatic heterocycles. The Kier molecular flexibility index (Phi) is 2.63. The van der Waals surface area contributed by atoms with Crippen LogP contribution < -0.4 is 0 Å². The summed E-state index contributed by atoms with van der Waals surface area (Å²) in [5.41, 5.74) is 0. The van der Waals surface area contributed by atoms with E-state index in [1.54, 1.807) is 7.11 Å². The van der Waals surface area contributed by atoms with Crippen LogP contribution in [0.2, 0.25) is 0 Å². The van der Waals surface area contributed by atoms with Crippen molar-refractivity contribution in [3.05, 3.63) is 0 Å². The predicted molar refractivity (Wildman–Crippen MR) is 46.2 cm³/mol. The van der Waals surface area contributed by atoms with Crippen LogP contribution in [0.1, 0.15) is 12.8 Å². The molecule has 2 atom stereocenters. The third-order valence-corrected chi connectivity index (χ3v) is 2.93. The van der Waals surface area contributed by atoms with Crippen molar-refractivity contribution in [1.29, 1.82) is 0 Å². The van der Waals surface area contributed by atoms with Crippen LogP contribution in [-0.4, -0.2) is 50.5 Å². The molecule has 2 fully saturated rings. The van der Waals surface area contributed by atoms with Gasteiger partial charge in [0.05, 0.1) is 19.8 Å². The lowest BCUT2D eigenvalue weighted by molar-refractivity contribution is -0.0156. The summed E-state index contributed by atoms with van der Waals surface area (Å²) < 4.78 is 10.6. The fourth-order valence-corrected chi connectivity index (χ4v) is 2.32. The molecular formula is C9H17NO2. The molecule has 3 heteroatoms. The molecule has 0 bridgehead atoms. The van der Waals surface area contributed by atoms with Gasteiger partial charge in [0.15, 0.2) is 0 Å². The molecule has 0 radical (unpaired) electrons. The largest absolute Gasteiger partial charge is 0.383 e. The molecule has 2 aliphatic heterocycles. The molecule has 1 unspecified atom stereocenters. The Labute approximate surface area is 73.6 Å². The van der Waals surface area contributed by atoms with Crippen molar-refractivity contribution in [3.63, 3.8) is 0 Å². The molecule has 70 valence electrons. The van der Waals surface area contributed by atoms with Gasteiger partial charge in [-0.1, -0.05) is 0 Å². The van der Waals surface area contributed by atoms with Crippen molar-refractivity contribution in [3.8, 4) is 0 Å². The molecule has 0 amide bonds. The lowest BCUT2D eigenvalue weighted by Gasteiger charge is -2.33. The molecule has 0 spiro atoms. The van der Waals surface area contributed by atoms with E-state index in [9.17, 15) is 0 Å². The van der Waals surface area contributed by atoms with E-state index in [1.165, 1.54) is 12.8 Å². The molecule has 12 heavy (non-hydrogen) atoms. The normalized spacial score (nSPS) is 36.8. The molecule has 0 aliphatic carbocycles. The van der Waals surface area contributed by atoms with Crippen LogP contribution in [0.5, 0.6) is 0 Å². The van der Waals surface area contributed by atoms with Gasteiger partial charge in [-0.25, -0.2) is 0 Å². The highest BCUT2D eigenvalue weighted by atomic mass is 16.5. The number of hydrogen-bond acceptors (Lipinski definition) is 3. The Balaban J connectivity index is 1.92. The topological polar surface area (TPSA) is 21.7 Å². The van der Waals surface area contributed by atoms with Crippen LogP contribution in [0, 0.1) is 0 Å². The van der Waals surface area contributed by atoms with Gasteiger partial charge in [0.25, 0.3) is 0 Å². The summed E-state index contributed by atoms with van der Waals surface area (Å²) in [4.78, 5) is 2.55. The highest BCUT2D eigenvalue weighted by Crippen LogP contribution is 2.26. The summed E-state index contributed by atoms with van der Waals surface area (Å²) in [7, 11) is 1.79. The first kappa shape index (κ1) is 8.48. The zero-order chi connectivity index (χ0) is 8.39. The molecule has 2 rings (SSSR count). The van der Waals surface area contributed by atoms with Crippen LogP contribution in [0.3, 0.4) is 0 Å². The van der Waals surface area contributed by atoms with Crippen LogP contribution in [0.25, 0.3) is 0 Å². The lowest BCUT2D eigenvalue weighted by Crippen LogP contribution is -2.46. The molecule has 0 aromatic carbocycles. The number of methoxy groups -OCH3 is 1. The first-order chi connectivity index (χ1) is 5.92. The standard InChI is InChI=1S/C9H17NO2/c1-11-6-8-2-3-9-7-12-5-4-10(8)9/h8-9H,2-7H2,1H3/t8-,9?/m0/s1. The van der Waals surface area contributed by atoms with E-state index in [-0.39, 0.29) is 0 Å². The molecule has 0 saturated carbocycles. The second-order valence-corrected chi connectivity index (χ2v) is 3.65. The summed E-state index contributed by atoms with van der Waals surface area (Å²) >= 11 is 0. The smallest absolute Gasteiger partial charge is 0.0622 e. The highest BCUT2D eigenvalue weighted by Gasteiger charge is 2.34. The van der Waals surface area contributed by atoms with Crippen molar-refractivity contribution < 1.29 is 9.47 Å². The van der Waals surface area contributed by atoms with E-state index in [0.29, 0.717) is 12.1 Å². The summed E-state index contributed by atoms with van der Waals surface area (Å²) in [5.74, 6) is 0. The van der Waals surface area contributed by atoms with E-state index in [1.807, 2.05) is 0 Å². The van der Waals surface area contributed by atoms with Gasteiger partial charge >= 0.3 is 0 Å². The molecule has 0 aromatic rings. The zero-order valence-electron chi connectivity index (χ0n) is 7.66. The number of fused-ring (bicyclic) bond motifs is 1. The van der Waals surface area contributed by atoms with E-state index in [4.69, 9.17) is 9.47 Å². The van der Waals surface area contributed by atoms with Crippen molar-refractivity contribution in [2.45, 2.75) is 24.9 Å². The van der Waals surface area contributed by atoms with Crippen molar-refractivity contribution >= 4 is 0 Å². The van der Waals surface area contributed by atoms with Crippen LogP contribution in [0.15, 0.2) is 0 Å². The monoisotopic (exact) mass is 171 g/mol. The number of hydrogen-bond donors (Lipinski definition) is 0. The minimum Gasteiger partial charge on any atom is -0.383 e. The van der Waals surface area contributed by atoms with Gasteiger partial charge in [-0.05, 0) is 12.8 Å². The SMILES string of the molecule is COC[C@@H]1CCC2COCCN21.